The van der Waals surface area contributed by atoms with Crippen LogP contribution in [0.2, 0.25) is 0 Å². The van der Waals surface area contributed by atoms with E-state index in [0.29, 0.717) is 0 Å². The van der Waals surface area contributed by atoms with Gasteiger partial charge in [0.15, 0.2) is 0 Å². The molecule has 0 heterocycles. The van der Waals surface area contributed by atoms with Crippen LogP contribution in [0.3, 0.4) is 0 Å². The Balaban J connectivity index is 2.99. The Morgan fingerprint density at radius 2 is 1.89 bits per heavy atom. The molecule has 0 fully saturated rings. The van der Waals surface area contributed by atoms with Gasteiger partial charge in [-0.1, -0.05) is 6.07 Å². The van der Waals surface area contributed by atoms with Crippen LogP contribution in [-0.2, 0) is 0 Å². The average molecular weight is 252 g/mol. The maximum Gasteiger partial charge on any atom is 0.126 e. The predicted molar refractivity (Wildman–Crippen MR) is 75.5 cm³/mol. The zero-order valence-corrected chi connectivity index (χ0v) is 12.0. The number of anilines is 1. The number of likely N-dealkylation sites (N-methyl/N-ethyl adjacent to an activating group) is 2. The number of nitrogens with zero attached hydrogens (tertiary/aromatic N) is 2. The molecule has 0 saturated carbocycles. The number of ether oxygens (including phenoxy) is 1. The van der Waals surface area contributed by atoms with E-state index >= 15 is 0 Å². The van der Waals surface area contributed by atoms with Crippen molar-refractivity contribution in [1.82, 2.24) is 4.90 Å². The number of rotatable bonds is 6. The van der Waals surface area contributed by atoms with Gasteiger partial charge in [0.2, 0.25) is 0 Å². The molecule has 18 heavy (non-hydrogen) atoms. The minimum atomic E-state index is -0.544. The zero-order chi connectivity index (χ0) is 13.7. The summed E-state index contributed by atoms with van der Waals surface area (Å²) in [6, 6.07) is 5.85. The van der Waals surface area contributed by atoms with Crippen molar-refractivity contribution in [3.63, 3.8) is 0 Å². The van der Waals surface area contributed by atoms with Crippen LogP contribution in [0, 0.1) is 0 Å². The lowest BCUT2D eigenvalue weighted by Gasteiger charge is -2.26. The van der Waals surface area contributed by atoms with E-state index in [2.05, 4.69) is 23.9 Å². The summed E-state index contributed by atoms with van der Waals surface area (Å²) in [4.78, 5) is 4.28. The van der Waals surface area contributed by atoms with Crippen LogP contribution < -0.4 is 9.64 Å². The third kappa shape index (κ3) is 3.62. The van der Waals surface area contributed by atoms with E-state index in [1.165, 1.54) is 0 Å². The molecule has 1 rings (SSSR count). The van der Waals surface area contributed by atoms with Crippen molar-refractivity contribution in [2.45, 2.75) is 13.0 Å². The topological polar surface area (TPSA) is 35.9 Å². The Kier molecular flexibility index (Phi) is 5.44. The number of hydrogen-bond donors (Lipinski definition) is 1. The smallest absolute Gasteiger partial charge is 0.126 e. The second kappa shape index (κ2) is 6.61. The standard InChI is InChI=1S/C14H24N2O2/c1-11(17)14-12(7-6-8-13(14)18-5)16(4)10-9-15(2)3/h6-8,11,17H,9-10H2,1-5H3. The van der Waals surface area contributed by atoms with Gasteiger partial charge >= 0.3 is 0 Å². The van der Waals surface area contributed by atoms with Gasteiger partial charge in [-0.3, -0.25) is 0 Å². The predicted octanol–water partition coefficient (Wildman–Crippen LogP) is 1.75. The lowest BCUT2D eigenvalue weighted by Crippen LogP contribution is -2.29. The molecule has 0 aliphatic rings. The van der Waals surface area contributed by atoms with Crippen molar-refractivity contribution < 1.29 is 9.84 Å². The first-order valence-corrected chi connectivity index (χ1v) is 6.18. The van der Waals surface area contributed by atoms with E-state index in [1.807, 2.05) is 25.2 Å². The summed E-state index contributed by atoms with van der Waals surface area (Å²) in [7, 11) is 7.76. The Morgan fingerprint density at radius 3 is 2.39 bits per heavy atom. The van der Waals surface area contributed by atoms with Gasteiger partial charge in [-0.15, -0.1) is 0 Å². The lowest BCUT2D eigenvalue weighted by molar-refractivity contribution is 0.194. The number of aliphatic hydroxyl groups excluding tert-OH is 1. The normalized spacial score (nSPS) is 12.6. The molecular weight excluding hydrogens is 228 g/mol. The van der Waals surface area contributed by atoms with Crippen molar-refractivity contribution in [3.8, 4) is 5.75 Å². The first kappa shape index (κ1) is 14.8. The maximum atomic E-state index is 9.93. The summed E-state index contributed by atoms with van der Waals surface area (Å²) in [5.41, 5.74) is 1.87. The quantitative estimate of drug-likeness (QED) is 0.836. The van der Waals surface area contributed by atoms with Crippen LogP contribution in [0.5, 0.6) is 5.75 Å². The van der Waals surface area contributed by atoms with Gasteiger partial charge in [-0.2, -0.15) is 0 Å². The highest BCUT2D eigenvalue weighted by Crippen LogP contribution is 2.33. The summed E-state index contributed by atoms with van der Waals surface area (Å²) in [6.07, 6.45) is -0.544. The van der Waals surface area contributed by atoms with E-state index in [0.717, 1.165) is 30.1 Å². The molecule has 1 N–H and O–H groups in total. The fourth-order valence-electron chi connectivity index (χ4n) is 1.93. The first-order chi connectivity index (χ1) is 8.47. The van der Waals surface area contributed by atoms with Crippen molar-refractivity contribution >= 4 is 5.69 Å². The number of benzene rings is 1. The summed E-state index contributed by atoms with van der Waals surface area (Å²) < 4.78 is 5.33. The highest BCUT2D eigenvalue weighted by molar-refractivity contribution is 5.60. The number of hydrogen-bond acceptors (Lipinski definition) is 4. The van der Waals surface area contributed by atoms with Crippen LogP contribution in [0.1, 0.15) is 18.6 Å². The third-order valence-corrected chi connectivity index (χ3v) is 2.97. The van der Waals surface area contributed by atoms with Crippen LogP contribution in [0.15, 0.2) is 18.2 Å². The molecule has 0 aliphatic carbocycles. The van der Waals surface area contributed by atoms with E-state index in [1.54, 1.807) is 14.0 Å². The van der Waals surface area contributed by atoms with Gasteiger partial charge in [-0.05, 0) is 33.2 Å². The van der Waals surface area contributed by atoms with Crippen molar-refractivity contribution in [2.24, 2.45) is 0 Å². The molecule has 0 radical (unpaired) electrons. The van der Waals surface area contributed by atoms with Gasteiger partial charge in [0, 0.05) is 31.4 Å². The zero-order valence-electron chi connectivity index (χ0n) is 12.0. The van der Waals surface area contributed by atoms with E-state index < -0.39 is 6.10 Å². The molecule has 0 spiro atoms. The molecular formula is C14H24N2O2. The van der Waals surface area contributed by atoms with Gasteiger partial charge in [0.25, 0.3) is 0 Å². The van der Waals surface area contributed by atoms with Crippen LogP contribution >= 0.6 is 0 Å². The van der Waals surface area contributed by atoms with Gasteiger partial charge in [0.05, 0.1) is 13.2 Å². The van der Waals surface area contributed by atoms with E-state index in [-0.39, 0.29) is 0 Å². The highest BCUT2D eigenvalue weighted by atomic mass is 16.5. The molecule has 1 atom stereocenters. The SMILES string of the molecule is COc1cccc(N(C)CCN(C)C)c1C(C)O. The van der Waals surface area contributed by atoms with Crippen LogP contribution in [0.4, 0.5) is 5.69 Å². The Hall–Kier alpha value is -1.26. The number of aliphatic hydroxyl groups is 1. The fourth-order valence-corrected chi connectivity index (χ4v) is 1.93. The summed E-state index contributed by atoms with van der Waals surface area (Å²) in [6.45, 7) is 3.63. The minimum Gasteiger partial charge on any atom is -0.496 e. The summed E-state index contributed by atoms with van der Waals surface area (Å²) in [5, 5.41) is 9.93. The molecule has 0 bridgehead atoms. The molecule has 0 aliphatic heterocycles. The van der Waals surface area contributed by atoms with Crippen LogP contribution in [-0.4, -0.2) is 51.3 Å². The van der Waals surface area contributed by atoms with Gasteiger partial charge in [0.1, 0.15) is 5.75 Å². The molecule has 0 saturated heterocycles. The van der Waals surface area contributed by atoms with Crippen molar-refractivity contribution in [3.05, 3.63) is 23.8 Å². The monoisotopic (exact) mass is 252 g/mol. The van der Waals surface area contributed by atoms with Gasteiger partial charge in [-0.25, -0.2) is 0 Å². The molecule has 1 aromatic rings. The molecule has 0 amide bonds. The van der Waals surface area contributed by atoms with Gasteiger partial charge < -0.3 is 19.6 Å². The second-order valence-corrected chi connectivity index (χ2v) is 4.79. The average Bonchev–Trinajstić information content (AvgIpc) is 2.34. The molecule has 1 unspecified atom stereocenters. The molecule has 0 aromatic heterocycles. The summed E-state index contributed by atoms with van der Waals surface area (Å²) in [5.74, 6) is 0.735. The highest BCUT2D eigenvalue weighted by Gasteiger charge is 2.16. The Bertz CT molecular complexity index is 378. The van der Waals surface area contributed by atoms with E-state index in [9.17, 15) is 5.11 Å². The first-order valence-electron chi connectivity index (χ1n) is 6.18. The lowest BCUT2D eigenvalue weighted by atomic mass is 10.1. The molecule has 1 aromatic carbocycles. The van der Waals surface area contributed by atoms with Crippen molar-refractivity contribution in [1.29, 1.82) is 0 Å². The Labute approximate surface area is 110 Å². The third-order valence-electron chi connectivity index (χ3n) is 2.97. The van der Waals surface area contributed by atoms with E-state index in [4.69, 9.17) is 4.74 Å². The fraction of sp³-hybridized carbons (Fsp3) is 0.571. The molecule has 4 heteroatoms. The molecule has 4 nitrogen and oxygen atoms in total. The second-order valence-electron chi connectivity index (χ2n) is 4.79. The number of methoxy groups -OCH3 is 1. The summed E-state index contributed by atoms with van der Waals surface area (Å²) >= 11 is 0. The maximum absolute atomic E-state index is 9.93. The minimum absolute atomic E-state index is 0.544. The Morgan fingerprint density at radius 1 is 1.22 bits per heavy atom. The molecule has 102 valence electrons. The largest absolute Gasteiger partial charge is 0.496 e. The van der Waals surface area contributed by atoms with Crippen molar-refractivity contribution in [2.75, 3.05) is 46.2 Å². The van der Waals surface area contributed by atoms with Crippen LogP contribution in [0.25, 0.3) is 0 Å².